The maximum absolute atomic E-state index is 8.48. The average molecular weight is 178 g/mol. The molecule has 0 aromatic rings. The summed E-state index contributed by atoms with van der Waals surface area (Å²) < 4.78 is 9.75. The fourth-order valence-corrected chi connectivity index (χ4v) is 0.988. The average Bonchev–Trinajstić information content (AvgIpc) is 2.10. The largest absolute Gasteiger partial charge is 0.371 e. The maximum atomic E-state index is 8.48. The van der Waals surface area contributed by atoms with E-state index in [9.17, 15) is 0 Å². The summed E-state index contributed by atoms with van der Waals surface area (Å²) in [5, 5.41) is 16.8. The molecule has 4 heteroatoms. The molecule has 0 aromatic carbocycles. The van der Waals surface area contributed by atoms with Gasteiger partial charge in [-0.1, -0.05) is 6.92 Å². The third-order valence-electron chi connectivity index (χ3n) is 1.67. The number of aliphatic hydroxyl groups is 2. The number of hydrogen-bond acceptors (Lipinski definition) is 4. The lowest BCUT2D eigenvalue weighted by Gasteiger charge is -2.13. The molecule has 1 atom stereocenters. The monoisotopic (exact) mass is 178 g/mol. The molecule has 0 bridgehead atoms. The van der Waals surface area contributed by atoms with E-state index in [4.69, 9.17) is 19.7 Å². The standard InChI is InChI=1S/C8H18O4/c1-2-8(12-7-10)4-3-5-11-6-9/h8-10H,2-7H2,1H3. The van der Waals surface area contributed by atoms with E-state index in [0.29, 0.717) is 6.61 Å². The lowest BCUT2D eigenvalue weighted by atomic mass is 10.1. The second-order valence-corrected chi connectivity index (χ2v) is 2.51. The molecule has 4 nitrogen and oxygen atoms in total. The van der Waals surface area contributed by atoms with Gasteiger partial charge in [-0.05, 0) is 19.3 Å². The zero-order chi connectivity index (χ0) is 9.23. The maximum Gasteiger partial charge on any atom is 0.143 e. The van der Waals surface area contributed by atoms with Gasteiger partial charge in [0.2, 0.25) is 0 Å². The Morgan fingerprint density at radius 1 is 1.25 bits per heavy atom. The molecule has 2 N–H and O–H groups in total. The summed E-state index contributed by atoms with van der Waals surface area (Å²) in [6, 6.07) is 0. The minimum Gasteiger partial charge on any atom is -0.371 e. The van der Waals surface area contributed by atoms with E-state index in [-0.39, 0.29) is 19.7 Å². The molecule has 0 radical (unpaired) electrons. The molecule has 1 unspecified atom stereocenters. The minimum absolute atomic E-state index is 0.109. The Kier molecular flexibility index (Phi) is 8.81. The van der Waals surface area contributed by atoms with Crippen LogP contribution in [-0.2, 0) is 9.47 Å². The van der Waals surface area contributed by atoms with Crippen LogP contribution in [0.3, 0.4) is 0 Å². The second kappa shape index (κ2) is 8.93. The van der Waals surface area contributed by atoms with Crippen molar-refractivity contribution in [2.24, 2.45) is 0 Å². The molecule has 0 spiro atoms. The molecule has 0 heterocycles. The highest BCUT2D eigenvalue weighted by molar-refractivity contribution is 4.53. The van der Waals surface area contributed by atoms with Crippen molar-refractivity contribution in [2.45, 2.75) is 32.3 Å². The molecular weight excluding hydrogens is 160 g/mol. The predicted octanol–water partition coefficient (Wildman–Crippen LogP) is 0.478. The van der Waals surface area contributed by atoms with Crippen molar-refractivity contribution in [1.82, 2.24) is 0 Å². The van der Waals surface area contributed by atoms with Gasteiger partial charge in [0, 0.05) is 6.61 Å². The first-order valence-corrected chi connectivity index (χ1v) is 4.26. The Morgan fingerprint density at radius 3 is 2.50 bits per heavy atom. The first-order chi connectivity index (χ1) is 5.85. The number of ether oxygens (including phenoxy) is 2. The number of aliphatic hydroxyl groups excluding tert-OH is 2. The Balaban J connectivity index is 3.19. The molecular formula is C8H18O4. The fourth-order valence-electron chi connectivity index (χ4n) is 0.988. The molecule has 74 valence electrons. The van der Waals surface area contributed by atoms with Crippen LogP contribution in [0.25, 0.3) is 0 Å². The van der Waals surface area contributed by atoms with Crippen LogP contribution in [0, 0.1) is 0 Å². The van der Waals surface area contributed by atoms with E-state index in [2.05, 4.69) is 0 Å². The van der Waals surface area contributed by atoms with Crippen molar-refractivity contribution in [3.8, 4) is 0 Å². The smallest absolute Gasteiger partial charge is 0.143 e. The van der Waals surface area contributed by atoms with Crippen LogP contribution in [0.15, 0.2) is 0 Å². The zero-order valence-corrected chi connectivity index (χ0v) is 7.53. The Bertz CT molecular complexity index is 87.1. The molecule has 0 aliphatic rings. The van der Waals surface area contributed by atoms with Crippen molar-refractivity contribution in [1.29, 1.82) is 0 Å². The summed E-state index contributed by atoms with van der Waals surface area (Å²) in [5.41, 5.74) is 0. The highest BCUT2D eigenvalue weighted by atomic mass is 16.6. The zero-order valence-electron chi connectivity index (χ0n) is 7.53. The van der Waals surface area contributed by atoms with Gasteiger partial charge in [0.25, 0.3) is 0 Å². The van der Waals surface area contributed by atoms with E-state index in [1.807, 2.05) is 6.92 Å². The third kappa shape index (κ3) is 6.54. The third-order valence-corrected chi connectivity index (χ3v) is 1.67. The molecule has 0 rings (SSSR count). The Labute approximate surface area is 73.1 Å². The van der Waals surface area contributed by atoms with E-state index in [1.54, 1.807) is 0 Å². The Hall–Kier alpha value is -0.160. The van der Waals surface area contributed by atoms with Gasteiger partial charge in [0.05, 0.1) is 6.10 Å². The van der Waals surface area contributed by atoms with Crippen LogP contribution >= 0.6 is 0 Å². The first kappa shape index (κ1) is 11.8. The lowest BCUT2D eigenvalue weighted by Crippen LogP contribution is -2.13. The van der Waals surface area contributed by atoms with Crippen molar-refractivity contribution < 1.29 is 19.7 Å². The summed E-state index contributed by atoms with van der Waals surface area (Å²) in [5.74, 6) is 0. The molecule has 0 aromatic heterocycles. The molecule has 0 aliphatic heterocycles. The Morgan fingerprint density at radius 2 is 2.00 bits per heavy atom. The van der Waals surface area contributed by atoms with Crippen LogP contribution in [0.4, 0.5) is 0 Å². The van der Waals surface area contributed by atoms with Gasteiger partial charge in [-0.2, -0.15) is 0 Å². The van der Waals surface area contributed by atoms with Gasteiger partial charge in [-0.15, -0.1) is 0 Å². The number of hydrogen-bond donors (Lipinski definition) is 2. The van der Waals surface area contributed by atoms with Crippen LogP contribution in [0.2, 0.25) is 0 Å². The van der Waals surface area contributed by atoms with Gasteiger partial charge in [0.15, 0.2) is 0 Å². The summed E-state index contributed by atoms with van der Waals surface area (Å²) >= 11 is 0. The molecule has 0 saturated heterocycles. The van der Waals surface area contributed by atoms with Crippen LogP contribution in [0.1, 0.15) is 26.2 Å². The lowest BCUT2D eigenvalue weighted by molar-refractivity contribution is -0.0600. The molecule has 0 amide bonds. The normalized spacial score (nSPS) is 13.2. The van der Waals surface area contributed by atoms with Crippen molar-refractivity contribution in [2.75, 3.05) is 20.2 Å². The summed E-state index contributed by atoms with van der Waals surface area (Å²) in [6.07, 6.45) is 2.70. The second-order valence-electron chi connectivity index (χ2n) is 2.51. The van der Waals surface area contributed by atoms with E-state index >= 15 is 0 Å². The van der Waals surface area contributed by atoms with Crippen LogP contribution in [0.5, 0.6) is 0 Å². The van der Waals surface area contributed by atoms with Crippen molar-refractivity contribution >= 4 is 0 Å². The molecule has 0 fully saturated rings. The quantitative estimate of drug-likeness (QED) is 0.419. The van der Waals surface area contributed by atoms with Crippen molar-refractivity contribution in [3.63, 3.8) is 0 Å². The molecule has 0 saturated carbocycles. The van der Waals surface area contributed by atoms with Gasteiger partial charge >= 0.3 is 0 Å². The van der Waals surface area contributed by atoms with Gasteiger partial charge in [-0.3, -0.25) is 0 Å². The minimum atomic E-state index is -0.225. The van der Waals surface area contributed by atoms with Crippen molar-refractivity contribution in [3.05, 3.63) is 0 Å². The topological polar surface area (TPSA) is 58.9 Å². The summed E-state index contributed by atoms with van der Waals surface area (Å²) in [4.78, 5) is 0. The summed E-state index contributed by atoms with van der Waals surface area (Å²) in [7, 11) is 0. The van der Waals surface area contributed by atoms with Gasteiger partial charge in [0.1, 0.15) is 13.6 Å². The molecule has 0 aliphatic carbocycles. The van der Waals surface area contributed by atoms with Crippen LogP contribution < -0.4 is 0 Å². The van der Waals surface area contributed by atoms with E-state index < -0.39 is 0 Å². The highest BCUT2D eigenvalue weighted by Crippen LogP contribution is 2.05. The fraction of sp³-hybridized carbons (Fsp3) is 1.00. The highest BCUT2D eigenvalue weighted by Gasteiger charge is 2.04. The first-order valence-electron chi connectivity index (χ1n) is 4.26. The SMILES string of the molecule is CCC(CCCOCO)OCO. The molecule has 12 heavy (non-hydrogen) atoms. The van der Waals surface area contributed by atoms with E-state index in [0.717, 1.165) is 19.3 Å². The van der Waals surface area contributed by atoms with Gasteiger partial charge < -0.3 is 19.7 Å². The van der Waals surface area contributed by atoms with Gasteiger partial charge in [-0.25, -0.2) is 0 Å². The summed E-state index contributed by atoms with van der Waals surface area (Å²) in [6.45, 7) is 2.10. The van der Waals surface area contributed by atoms with Crippen LogP contribution in [-0.4, -0.2) is 36.5 Å². The van der Waals surface area contributed by atoms with E-state index in [1.165, 1.54) is 0 Å². The predicted molar refractivity (Wildman–Crippen MR) is 44.5 cm³/mol. The number of rotatable bonds is 8.